The van der Waals surface area contributed by atoms with E-state index < -0.39 is 5.91 Å². The highest BCUT2D eigenvalue weighted by Gasteiger charge is 2.12. The Kier molecular flexibility index (Phi) is 5.20. The molecule has 0 saturated heterocycles. The Balaban J connectivity index is 2.30. The average molecular weight is 371 g/mol. The van der Waals surface area contributed by atoms with Crippen LogP contribution in [-0.2, 0) is 4.79 Å². The smallest absolute Gasteiger partial charge is 0.266 e. The highest BCUT2D eigenvalue weighted by molar-refractivity contribution is 9.10. The van der Waals surface area contributed by atoms with Crippen LogP contribution < -0.4 is 5.32 Å². The minimum Gasteiger partial charge on any atom is -0.507 e. The normalized spacial score (nSPS) is 11.0. The molecule has 0 saturated carbocycles. The van der Waals surface area contributed by atoms with E-state index in [0.717, 1.165) is 15.6 Å². The first-order chi connectivity index (χ1) is 10.9. The first-order valence-corrected chi connectivity index (χ1v) is 7.69. The van der Waals surface area contributed by atoms with Gasteiger partial charge < -0.3 is 10.4 Å². The number of phenols is 1. The second-order valence-electron chi connectivity index (χ2n) is 5.15. The van der Waals surface area contributed by atoms with Crippen molar-refractivity contribution in [3.8, 4) is 11.8 Å². The third-order valence-electron chi connectivity index (χ3n) is 3.28. The summed E-state index contributed by atoms with van der Waals surface area (Å²) < 4.78 is 0.744. The molecule has 0 aromatic heterocycles. The Bertz CT molecular complexity index is 835. The molecule has 0 aliphatic carbocycles. The van der Waals surface area contributed by atoms with Crippen LogP contribution in [0.15, 0.2) is 46.4 Å². The van der Waals surface area contributed by atoms with Gasteiger partial charge in [0.2, 0.25) is 0 Å². The largest absolute Gasteiger partial charge is 0.507 e. The van der Waals surface area contributed by atoms with Crippen LogP contribution >= 0.6 is 15.9 Å². The zero-order chi connectivity index (χ0) is 17.0. The van der Waals surface area contributed by atoms with Crippen LogP contribution in [0.4, 0.5) is 5.69 Å². The van der Waals surface area contributed by atoms with E-state index in [1.165, 1.54) is 12.1 Å². The van der Waals surface area contributed by atoms with Crippen LogP contribution in [0.3, 0.4) is 0 Å². The van der Waals surface area contributed by atoms with Crippen molar-refractivity contribution in [2.75, 3.05) is 5.32 Å². The van der Waals surface area contributed by atoms with Crippen molar-refractivity contribution in [1.29, 1.82) is 5.26 Å². The molecule has 2 aromatic carbocycles. The van der Waals surface area contributed by atoms with Gasteiger partial charge in [0, 0.05) is 15.7 Å². The molecule has 4 nitrogen and oxygen atoms in total. The number of nitrogens with zero attached hydrogens (tertiary/aromatic N) is 1. The molecule has 1 amide bonds. The van der Waals surface area contributed by atoms with Gasteiger partial charge in [-0.2, -0.15) is 5.26 Å². The number of carbonyl (C=O) groups excluding carboxylic acids is 1. The molecule has 0 aliphatic heterocycles. The van der Waals surface area contributed by atoms with E-state index in [1.54, 1.807) is 18.2 Å². The molecule has 0 atom stereocenters. The van der Waals surface area contributed by atoms with Crippen molar-refractivity contribution in [1.82, 2.24) is 0 Å². The Morgan fingerprint density at radius 2 is 2.00 bits per heavy atom. The quantitative estimate of drug-likeness (QED) is 0.624. The predicted octanol–water partition coefficient (Wildman–Crippen LogP) is 4.32. The van der Waals surface area contributed by atoms with Gasteiger partial charge in [-0.25, -0.2) is 0 Å². The monoisotopic (exact) mass is 370 g/mol. The maximum absolute atomic E-state index is 12.3. The van der Waals surface area contributed by atoms with E-state index in [-0.39, 0.29) is 11.3 Å². The lowest BCUT2D eigenvalue weighted by molar-refractivity contribution is -0.112. The van der Waals surface area contributed by atoms with Crippen LogP contribution in [0.2, 0.25) is 0 Å². The molecule has 0 unspecified atom stereocenters. The Hall–Kier alpha value is -2.58. The number of anilines is 1. The second kappa shape index (κ2) is 7.12. The van der Waals surface area contributed by atoms with Gasteiger partial charge in [0.25, 0.3) is 5.91 Å². The summed E-state index contributed by atoms with van der Waals surface area (Å²) in [4.78, 5) is 12.3. The number of hydrogen-bond acceptors (Lipinski definition) is 3. The summed E-state index contributed by atoms with van der Waals surface area (Å²) in [7, 11) is 0. The van der Waals surface area contributed by atoms with Crippen LogP contribution in [0.1, 0.15) is 16.7 Å². The number of amides is 1. The topological polar surface area (TPSA) is 73.1 Å². The number of aromatic hydroxyl groups is 1. The van der Waals surface area contributed by atoms with Crippen molar-refractivity contribution in [2.24, 2.45) is 0 Å². The molecule has 0 heterocycles. The maximum atomic E-state index is 12.3. The highest BCUT2D eigenvalue weighted by atomic mass is 79.9. The SMILES string of the molecule is Cc1ccc(NC(=O)/C(C#N)=C/c2cc(Br)ccc2O)c(C)c1. The number of aryl methyl sites for hydroxylation is 2. The first-order valence-electron chi connectivity index (χ1n) is 6.89. The van der Waals surface area contributed by atoms with Gasteiger partial charge >= 0.3 is 0 Å². The molecule has 116 valence electrons. The maximum Gasteiger partial charge on any atom is 0.266 e. The first kappa shape index (κ1) is 16.8. The Labute approximate surface area is 143 Å². The number of halogens is 1. The minimum absolute atomic E-state index is 0.000247. The van der Waals surface area contributed by atoms with E-state index in [0.29, 0.717) is 11.3 Å². The van der Waals surface area contributed by atoms with Gasteiger partial charge in [-0.1, -0.05) is 33.6 Å². The van der Waals surface area contributed by atoms with E-state index >= 15 is 0 Å². The molecule has 5 heteroatoms. The molecule has 2 rings (SSSR count). The van der Waals surface area contributed by atoms with Crippen molar-refractivity contribution in [2.45, 2.75) is 13.8 Å². The number of hydrogen-bond donors (Lipinski definition) is 2. The number of nitrogens with one attached hydrogen (secondary N) is 1. The molecule has 0 spiro atoms. The van der Waals surface area contributed by atoms with Crippen molar-refractivity contribution in [3.63, 3.8) is 0 Å². The number of carbonyl (C=O) groups is 1. The summed E-state index contributed by atoms with van der Waals surface area (Å²) in [6, 6.07) is 12.3. The molecule has 2 aromatic rings. The zero-order valence-corrected chi connectivity index (χ0v) is 14.3. The molecule has 0 radical (unpaired) electrons. The fourth-order valence-corrected chi connectivity index (χ4v) is 2.47. The van der Waals surface area contributed by atoms with Gasteiger partial charge in [-0.3, -0.25) is 4.79 Å². The van der Waals surface area contributed by atoms with E-state index in [2.05, 4.69) is 21.2 Å². The fraction of sp³-hybridized carbons (Fsp3) is 0.111. The summed E-state index contributed by atoms with van der Waals surface area (Å²) in [5.41, 5.74) is 2.97. The summed E-state index contributed by atoms with van der Waals surface area (Å²) in [5.74, 6) is -0.515. The van der Waals surface area contributed by atoms with Crippen LogP contribution in [0, 0.1) is 25.2 Å². The number of benzene rings is 2. The molecular formula is C18H15BrN2O2. The summed E-state index contributed by atoms with van der Waals surface area (Å²) in [5, 5.41) is 21.8. The molecular weight excluding hydrogens is 356 g/mol. The van der Waals surface area contributed by atoms with Crippen molar-refractivity contribution < 1.29 is 9.90 Å². The molecule has 2 N–H and O–H groups in total. The Morgan fingerprint density at radius 3 is 2.65 bits per heavy atom. The van der Waals surface area contributed by atoms with E-state index in [4.69, 9.17) is 0 Å². The molecule has 0 fully saturated rings. The number of phenolic OH excluding ortho intramolecular Hbond substituents is 1. The zero-order valence-electron chi connectivity index (χ0n) is 12.7. The second-order valence-corrected chi connectivity index (χ2v) is 6.06. The third kappa shape index (κ3) is 4.21. The lowest BCUT2D eigenvalue weighted by atomic mass is 10.1. The van der Waals surface area contributed by atoms with Crippen LogP contribution in [-0.4, -0.2) is 11.0 Å². The fourth-order valence-electron chi connectivity index (χ4n) is 2.09. The van der Waals surface area contributed by atoms with Crippen LogP contribution in [0.25, 0.3) is 6.08 Å². The van der Waals surface area contributed by atoms with Crippen molar-refractivity contribution in [3.05, 3.63) is 63.1 Å². The summed E-state index contributed by atoms with van der Waals surface area (Å²) >= 11 is 3.29. The Morgan fingerprint density at radius 1 is 1.26 bits per heavy atom. The van der Waals surface area contributed by atoms with Crippen LogP contribution in [0.5, 0.6) is 5.75 Å². The average Bonchev–Trinajstić information content (AvgIpc) is 2.50. The molecule has 0 aliphatic rings. The minimum atomic E-state index is -0.515. The molecule has 23 heavy (non-hydrogen) atoms. The number of rotatable bonds is 3. The number of nitriles is 1. The van der Waals surface area contributed by atoms with Gasteiger partial charge in [-0.05, 0) is 49.8 Å². The van der Waals surface area contributed by atoms with Gasteiger partial charge in [0.1, 0.15) is 17.4 Å². The highest BCUT2D eigenvalue weighted by Crippen LogP contribution is 2.24. The standard InChI is InChI=1S/C18H15BrN2O2/c1-11-3-5-16(12(2)7-11)21-18(23)14(10-20)8-13-9-15(19)4-6-17(13)22/h3-9,22H,1-2H3,(H,21,23)/b14-8+. The molecule has 0 bridgehead atoms. The summed E-state index contributed by atoms with van der Waals surface area (Å²) in [6.07, 6.45) is 1.36. The third-order valence-corrected chi connectivity index (χ3v) is 3.78. The van der Waals surface area contributed by atoms with Gasteiger partial charge in [0.15, 0.2) is 0 Å². The lowest BCUT2D eigenvalue weighted by Gasteiger charge is -2.09. The predicted molar refractivity (Wildman–Crippen MR) is 93.9 cm³/mol. The van der Waals surface area contributed by atoms with Gasteiger partial charge in [0.05, 0.1) is 0 Å². The summed E-state index contributed by atoms with van der Waals surface area (Å²) in [6.45, 7) is 3.85. The lowest BCUT2D eigenvalue weighted by Crippen LogP contribution is -2.14. The van der Waals surface area contributed by atoms with Crippen molar-refractivity contribution >= 4 is 33.6 Å². The van der Waals surface area contributed by atoms with E-state index in [9.17, 15) is 15.2 Å². The van der Waals surface area contributed by atoms with Gasteiger partial charge in [-0.15, -0.1) is 0 Å². The van der Waals surface area contributed by atoms with E-state index in [1.807, 2.05) is 32.0 Å².